The lowest BCUT2D eigenvalue weighted by Crippen LogP contribution is -2.45. The first kappa shape index (κ1) is 24.6. The van der Waals surface area contributed by atoms with Crippen LogP contribution in [0, 0.1) is 0 Å². The molecular formula is C27H34N4O4. The summed E-state index contributed by atoms with van der Waals surface area (Å²) in [4.78, 5) is 15.0. The lowest BCUT2D eigenvalue weighted by atomic mass is 10.1. The molecule has 0 radical (unpaired) electrons. The number of nitrogens with one attached hydrogen (secondary N) is 1. The van der Waals surface area contributed by atoms with Crippen LogP contribution in [0.15, 0.2) is 54.6 Å². The highest BCUT2D eigenvalue weighted by molar-refractivity contribution is 5.75. The van der Waals surface area contributed by atoms with E-state index in [-0.39, 0.29) is 18.2 Å². The Hall–Kier alpha value is -3.52. The monoisotopic (exact) mass is 478 g/mol. The Morgan fingerprint density at radius 2 is 1.89 bits per heavy atom. The number of benzene rings is 2. The summed E-state index contributed by atoms with van der Waals surface area (Å²) < 4.78 is 19.5. The third-order valence-corrected chi connectivity index (χ3v) is 5.91. The van der Waals surface area contributed by atoms with E-state index in [0.717, 1.165) is 36.3 Å². The Bertz CT molecular complexity index is 1120. The molecule has 1 aromatic heterocycles. The Labute approximate surface area is 206 Å². The zero-order chi connectivity index (χ0) is 24.8. The zero-order valence-electron chi connectivity index (χ0n) is 20.9. The number of hydrogen-bond donors (Lipinski definition) is 1. The molecule has 1 aliphatic rings. The molecule has 0 bridgehead atoms. The van der Waals surface area contributed by atoms with Crippen molar-refractivity contribution in [2.24, 2.45) is 7.05 Å². The fourth-order valence-electron chi connectivity index (χ4n) is 4.24. The molecule has 0 aliphatic carbocycles. The second kappa shape index (κ2) is 11.3. The van der Waals surface area contributed by atoms with E-state index >= 15 is 0 Å². The van der Waals surface area contributed by atoms with Gasteiger partial charge >= 0.3 is 6.03 Å². The molecule has 0 spiro atoms. The fourth-order valence-corrected chi connectivity index (χ4v) is 4.24. The molecule has 1 atom stereocenters. The molecule has 186 valence electrons. The standard InChI is InChI=1S/C27H34N4O4/c1-19(2)28-27(32)31(17-21-13-10-16-34-21)18-22-25(20-11-6-5-7-12-20)29-30(3)26(22)35-24-15-9-8-14-23(24)33-4/h5-9,11-12,14-15,19,21H,10,13,16-18H2,1-4H3,(H,28,32). The van der Waals surface area contributed by atoms with E-state index in [0.29, 0.717) is 30.5 Å². The predicted octanol–water partition coefficient (Wildman–Crippen LogP) is 4.99. The van der Waals surface area contributed by atoms with Crippen molar-refractivity contribution in [1.29, 1.82) is 0 Å². The van der Waals surface area contributed by atoms with E-state index in [1.807, 2.05) is 75.5 Å². The van der Waals surface area contributed by atoms with Gasteiger partial charge in [-0.25, -0.2) is 9.48 Å². The quantitative estimate of drug-likeness (QED) is 0.469. The number of amides is 2. The smallest absolute Gasteiger partial charge is 0.317 e. The number of para-hydroxylation sites is 2. The summed E-state index contributed by atoms with van der Waals surface area (Å²) in [5.74, 6) is 1.76. The minimum Gasteiger partial charge on any atom is -0.493 e. The van der Waals surface area contributed by atoms with Crippen LogP contribution in [0.5, 0.6) is 17.4 Å². The predicted molar refractivity (Wildman–Crippen MR) is 135 cm³/mol. The first-order valence-electron chi connectivity index (χ1n) is 12.1. The summed E-state index contributed by atoms with van der Waals surface area (Å²) in [5.41, 5.74) is 2.54. The molecule has 8 nitrogen and oxygen atoms in total. The molecule has 4 rings (SSSR count). The number of rotatable bonds is 9. The van der Waals surface area contributed by atoms with E-state index < -0.39 is 0 Å². The van der Waals surface area contributed by atoms with Crippen molar-refractivity contribution < 1.29 is 19.0 Å². The minimum absolute atomic E-state index is 0.0151. The van der Waals surface area contributed by atoms with Gasteiger partial charge in [0.2, 0.25) is 5.88 Å². The van der Waals surface area contributed by atoms with E-state index in [2.05, 4.69) is 5.32 Å². The molecule has 1 aliphatic heterocycles. The van der Waals surface area contributed by atoms with Gasteiger partial charge in [-0.15, -0.1) is 0 Å². The second-order valence-corrected chi connectivity index (χ2v) is 8.99. The number of methoxy groups -OCH3 is 1. The van der Waals surface area contributed by atoms with Crippen LogP contribution in [0.4, 0.5) is 4.79 Å². The lowest BCUT2D eigenvalue weighted by molar-refractivity contribution is 0.0789. The van der Waals surface area contributed by atoms with Crippen LogP contribution in [0.2, 0.25) is 0 Å². The van der Waals surface area contributed by atoms with Crippen LogP contribution in [-0.2, 0) is 18.3 Å². The van der Waals surface area contributed by atoms with E-state index in [4.69, 9.17) is 19.3 Å². The van der Waals surface area contributed by atoms with Crippen molar-refractivity contribution in [2.45, 2.75) is 45.4 Å². The molecule has 2 amide bonds. The van der Waals surface area contributed by atoms with Gasteiger partial charge in [-0.05, 0) is 38.8 Å². The van der Waals surface area contributed by atoms with Crippen LogP contribution in [0.1, 0.15) is 32.3 Å². The van der Waals surface area contributed by atoms with Crippen LogP contribution in [0.25, 0.3) is 11.3 Å². The van der Waals surface area contributed by atoms with Crippen molar-refractivity contribution in [3.8, 4) is 28.6 Å². The lowest BCUT2D eigenvalue weighted by Gasteiger charge is -2.27. The maximum Gasteiger partial charge on any atom is 0.317 e. The van der Waals surface area contributed by atoms with Crippen molar-refractivity contribution >= 4 is 6.03 Å². The van der Waals surface area contributed by atoms with E-state index in [1.54, 1.807) is 16.7 Å². The molecule has 2 aromatic carbocycles. The summed E-state index contributed by atoms with van der Waals surface area (Å²) in [6.45, 7) is 5.46. The summed E-state index contributed by atoms with van der Waals surface area (Å²) in [5, 5.41) is 7.83. The molecular weight excluding hydrogens is 444 g/mol. The third-order valence-electron chi connectivity index (χ3n) is 5.91. The van der Waals surface area contributed by atoms with Crippen LogP contribution in [0.3, 0.4) is 0 Å². The van der Waals surface area contributed by atoms with Crippen molar-refractivity contribution in [3.05, 3.63) is 60.2 Å². The molecule has 1 fully saturated rings. The van der Waals surface area contributed by atoms with Crippen molar-refractivity contribution in [2.75, 3.05) is 20.3 Å². The average molecular weight is 479 g/mol. The van der Waals surface area contributed by atoms with Gasteiger partial charge in [-0.1, -0.05) is 42.5 Å². The largest absolute Gasteiger partial charge is 0.493 e. The van der Waals surface area contributed by atoms with E-state index in [1.165, 1.54) is 0 Å². The average Bonchev–Trinajstić information content (AvgIpc) is 3.47. The summed E-state index contributed by atoms with van der Waals surface area (Å²) in [6, 6.07) is 17.3. The first-order chi connectivity index (χ1) is 17.0. The second-order valence-electron chi connectivity index (χ2n) is 8.99. The molecule has 8 heteroatoms. The topological polar surface area (TPSA) is 77.8 Å². The summed E-state index contributed by atoms with van der Waals surface area (Å²) in [7, 11) is 3.46. The molecule has 35 heavy (non-hydrogen) atoms. The summed E-state index contributed by atoms with van der Waals surface area (Å²) in [6.07, 6.45) is 1.96. The Morgan fingerprint density at radius 1 is 1.17 bits per heavy atom. The molecule has 2 heterocycles. The van der Waals surface area contributed by atoms with Gasteiger partial charge in [0.25, 0.3) is 0 Å². The maximum absolute atomic E-state index is 13.2. The molecule has 1 unspecified atom stereocenters. The van der Waals surface area contributed by atoms with Gasteiger partial charge in [0, 0.05) is 31.8 Å². The van der Waals surface area contributed by atoms with Crippen LogP contribution in [-0.4, -0.2) is 53.1 Å². The van der Waals surface area contributed by atoms with Crippen molar-refractivity contribution in [1.82, 2.24) is 20.0 Å². The SMILES string of the molecule is COc1ccccc1Oc1c(CN(CC2CCCO2)C(=O)NC(C)C)c(-c2ccccc2)nn1C. The number of aryl methyl sites for hydroxylation is 1. The van der Waals surface area contributed by atoms with Crippen LogP contribution < -0.4 is 14.8 Å². The van der Waals surface area contributed by atoms with Crippen molar-refractivity contribution in [3.63, 3.8) is 0 Å². The van der Waals surface area contributed by atoms with E-state index in [9.17, 15) is 4.79 Å². The number of urea groups is 1. The van der Waals surface area contributed by atoms with Gasteiger partial charge in [0.15, 0.2) is 11.5 Å². The number of carbonyl (C=O) groups is 1. The zero-order valence-corrected chi connectivity index (χ0v) is 20.9. The highest BCUT2D eigenvalue weighted by Crippen LogP contribution is 2.37. The molecule has 3 aromatic rings. The molecule has 1 saturated heterocycles. The fraction of sp³-hybridized carbons (Fsp3) is 0.407. The highest BCUT2D eigenvalue weighted by atomic mass is 16.5. The first-order valence-corrected chi connectivity index (χ1v) is 12.1. The molecule has 1 N–H and O–H groups in total. The Balaban J connectivity index is 1.75. The molecule has 0 saturated carbocycles. The number of ether oxygens (including phenoxy) is 3. The Kier molecular flexibility index (Phi) is 7.92. The van der Waals surface area contributed by atoms with Gasteiger partial charge in [0.05, 0.1) is 25.3 Å². The number of nitrogens with zero attached hydrogens (tertiary/aromatic N) is 3. The highest BCUT2D eigenvalue weighted by Gasteiger charge is 2.28. The van der Waals surface area contributed by atoms with Gasteiger partial charge in [-0.3, -0.25) is 0 Å². The Morgan fingerprint density at radius 3 is 2.54 bits per heavy atom. The van der Waals surface area contributed by atoms with Gasteiger partial charge < -0.3 is 24.4 Å². The van der Waals surface area contributed by atoms with Gasteiger partial charge in [-0.2, -0.15) is 5.10 Å². The maximum atomic E-state index is 13.2. The normalized spacial score (nSPS) is 15.3. The van der Waals surface area contributed by atoms with Crippen LogP contribution >= 0.6 is 0 Å². The number of hydrogen-bond acceptors (Lipinski definition) is 5. The van der Waals surface area contributed by atoms with Gasteiger partial charge in [0.1, 0.15) is 5.69 Å². The number of aromatic nitrogens is 2. The minimum atomic E-state index is -0.137. The summed E-state index contributed by atoms with van der Waals surface area (Å²) >= 11 is 0. The third kappa shape index (κ3) is 5.95. The number of carbonyl (C=O) groups excluding carboxylic acids is 1.